The van der Waals surface area contributed by atoms with Crippen LogP contribution in [0.25, 0.3) is 0 Å². The van der Waals surface area contributed by atoms with Crippen molar-refractivity contribution >= 4 is 33.4 Å². The number of benzene rings is 1. The molecule has 0 radical (unpaired) electrons. The monoisotopic (exact) mass is 346 g/mol. The number of aryl methyl sites for hydroxylation is 1. The van der Waals surface area contributed by atoms with Gasteiger partial charge in [0.1, 0.15) is 5.82 Å². The first-order valence-electron chi connectivity index (χ1n) is 7.33. The van der Waals surface area contributed by atoms with Gasteiger partial charge in [-0.25, -0.2) is 4.98 Å². The third-order valence-corrected chi connectivity index (χ3v) is 4.29. The molecule has 4 nitrogen and oxygen atoms in total. The van der Waals surface area contributed by atoms with Gasteiger partial charge in [0.05, 0.1) is 0 Å². The average molecular weight is 347 g/mol. The smallest absolute Gasteiger partial charge is 0.229 e. The van der Waals surface area contributed by atoms with Crippen LogP contribution in [0.15, 0.2) is 34.9 Å². The number of hydrogen-bond donors (Lipinski definition) is 2. The lowest BCUT2D eigenvalue weighted by Gasteiger charge is -2.14. The summed E-state index contributed by atoms with van der Waals surface area (Å²) in [6.07, 6.45) is 6.88. The van der Waals surface area contributed by atoms with E-state index in [2.05, 4.69) is 49.5 Å². The van der Waals surface area contributed by atoms with Crippen molar-refractivity contribution < 1.29 is 0 Å². The number of nitrogens with zero attached hydrogens (tertiary/aromatic N) is 2. The SMILES string of the molecule is Cc1cc(Br)ccc1Nc1nccc(NC2CCCC2)n1. The first kappa shape index (κ1) is 14.3. The molecule has 0 atom stereocenters. The average Bonchev–Trinajstić information content (AvgIpc) is 2.95. The summed E-state index contributed by atoms with van der Waals surface area (Å²) >= 11 is 3.47. The second-order valence-corrected chi connectivity index (χ2v) is 6.39. The van der Waals surface area contributed by atoms with Crippen molar-refractivity contribution in [2.75, 3.05) is 10.6 Å². The molecule has 21 heavy (non-hydrogen) atoms. The first-order valence-corrected chi connectivity index (χ1v) is 8.13. The third-order valence-electron chi connectivity index (χ3n) is 3.80. The maximum atomic E-state index is 4.55. The van der Waals surface area contributed by atoms with Crippen molar-refractivity contribution in [2.24, 2.45) is 0 Å². The number of rotatable bonds is 4. The molecule has 0 unspecified atom stereocenters. The summed E-state index contributed by atoms with van der Waals surface area (Å²) in [4.78, 5) is 8.85. The summed E-state index contributed by atoms with van der Waals surface area (Å²) in [5.74, 6) is 1.53. The van der Waals surface area contributed by atoms with Gasteiger partial charge in [0.25, 0.3) is 0 Å². The lowest BCUT2D eigenvalue weighted by atomic mass is 10.2. The zero-order valence-corrected chi connectivity index (χ0v) is 13.7. The number of anilines is 3. The Morgan fingerprint density at radius 3 is 2.76 bits per heavy atom. The Balaban J connectivity index is 1.73. The van der Waals surface area contributed by atoms with Gasteiger partial charge in [-0.05, 0) is 49.6 Å². The molecule has 1 aromatic carbocycles. The van der Waals surface area contributed by atoms with Gasteiger partial charge in [0.15, 0.2) is 0 Å². The van der Waals surface area contributed by atoms with Crippen LogP contribution in [-0.4, -0.2) is 16.0 Å². The summed E-state index contributed by atoms with van der Waals surface area (Å²) in [6.45, 7) is 2.06. The van der Waals surface area contributed by atoms with Gasteiger partial charge >= 0.3 is 0 Å². The van der Waals surface area contributed by atoms with E-state index in [1.54, 1.807) is 6.20 Å². The van der Waals surface area contributed by atoms with E-state index in [4.69, 9.17) is 0 Å². The van der Waals surface area contributed by atoms with Crippen molar-refractivity contribution in [2.45, 2.75) is 38.6 Å². The predicted octanol–water partition coefficient (Wildman–Crippen LogP) is 4.65. The Labute approximate surface area is 133 Å². The van der Waals surface area contributed by atoms with Crippen molar-refractivity contribution in [3.8, 4) is 0 Å². The number of nitrogens with one attached hydrogen (secondary N) is 2. The molecule has 1 heterocycles. The Morgan fingerprint density at radius 2 is 2.00 bits per heavy atom. The Morgan fingerprint density at radius 1 is 1.19 bits per heavy atom. The van der Waals surface area contributed by atoms with Crippen LogP contribution in [0.4, 0.5) is 17.5 Å². The Hall–Kier alpha value is -1.62. The highest BCUT2D eigenvalue weighted by atomic mass is 79.9. The predicted molar refractivity (Wildman–Crippen MR) is 90.1 cm³/mol. The van der Waals surface area contributed by atoms with Crippen LogP contribution in [0.5, 0.6) is 0 Å². The van der Waals surface area contributed by atoms with Crippen molar-refractivity contribution in [1.29, 1.82) is 0 Å². The largest absolute Gasteiger partial charge is 0.367 e. The minimum Gasteiger partial charge on any atom is -0.367 e. The molecule has 3 rings (SSSR count). The van der Waals surface area contributed by atoms with E-state index in [1.807, 2.05) is 18.2 Å². The topological polar surface area (TPSA) is 49.8 Å². The summed E-state index contributed by atoms with van der Waals surface area (Å²) in [5.41, 5.74) is 2.18. The van der Waals surface area contributed by atoms with Gasteiger partial charge in [-0.1, -0.05) is 28.8 Å². The normalized spacial score (nSPS) is 15.1. The summed E-state index contributed by atoms with van der Waals surface area (Å²) in [6, 6.07) is 8.60. The molecule has 1 fully saturated rings. The van der Waals surface area contributed by atoms with Crippen LogP contribution in [0.2, 0.25) is 0 Å². The molecule has 2 N–H and O–H groups in total. The van der Waals surface area contributed by atoms with Gasteiger partial charge in [-0.15, -0.1) is 0 Å². The first-order chi connectivity index (χ1) is 10.2. The maximum absolute atomic E-state index is 4.55. The lowest BCUT2D eigenvalue weighted by molar-refractivity contribution is 0.750. The molecule has 2 aromatic rings. The van der Waals surface area contributed by atoms with E-state index >= 15 is 0 Å². The van der Waals surface area contributed by atoms with Crippen molar-refractivity contribution in [3.63, 3.8) is 0 Å². The van der Waals surface area contributed by atoms with Crippen molar-refractivity contribution in [1.82, 2.24) is 9.97 Å². The summed E-state index contributed by atoms with van der Waals surface area (Å²) < 4.78 is 1.07. The zero-order valence-electron chi connectivity index (χ0n) is 12.1. The molecule has 0 spiro atoms. The van der Waals surface area contributed by atoms with Gasteiger partial charge < -0.3 is 10.6 Å². The molecule has 1 saturated carbocycles. The fourth-order valence-electron chi connectivity index (χ4n) is 2.67. The van der Waals surface area contributed by atoms with Crippen molar-refractivity contribution in [3.05, 3.63) is 40.5 Å². The van der Waals surface area contributed by atoms with E-state index in [-0.39, 0.29) is 0 Å². The van der Waals surface area contributed by atoms with Crippen LogP contribution >= 0.6 is 15.9 Å². The van der Waals surface area contributed by atoms with Gasteiger partial charge in [-0.3, -0.25) is 0 Å². The van der Waals surface area contributed by atoms with Crippen LogP contribution in [0, 0.1) is 6.92 Å². The van der Waals surface area contributed by atoms with E-state index in [9.17, 15) is 0 Å². The fourth-order valence-corrected chi connectivity index (χ4v) is 3.14. The number of hydrogen-bond acceptors (Lipinski definition) is 4. The van der Waals surface area contributed by atoms with E-state index < -0.39 is 0 Å². The second kappa shape index (κ2) is 6.43. The van der Waals surface area contributed by atoms with E-state index in [0.29, 0.717) is 12.0 Å². The third kappa shape index (κ3) is 3.73. The Bertz CT molecular complexity index is 623. The standard InChI is InChI=1S/C16H19BrN4/c1-11-10-12(17)6-7-14(11)20-16-18-9-8-15(21-16)19-13-4-2-3-5-13/h6-10,13H,2-5H2,1H3,(H2,18,19,20,21). The quantitative estimate of drug-likeness (QED) is 0.846. The van der Waals surface area contributed by atoms with Gasteiger partial charge in [-0.2, -0.15) is 4.98 Å². The fraction of sp³-hybridized carbons (Fsp3) is 0.375. The molecule has 0 bridgehead atoms. The van der Waals surface area contributed by atoms with Gasteiger partial charge in [0.2, 0.25) is 5.95 Å². The Kier molecular flexibility index (Phi) is 4.39. The van der Waals surface area contributed by atoms with Gasteiger partial charge in [0, 0.05) is 22.4 Å². The zero-order chi connectivity index (χ0) is 14.7. The molecular weight excluding hydrogens is 328 g/mol. The molecule has 0 aliphatic heterocycles. The van der Waals surface area contributed by atoms with Crippen LogP contribution in [0.1, 0.15) is 31.2 Å². The second-order valence-electron chi connectivity index (χ2n) is 5.48. The van der Waals surface area contributed by atoms with E-state index in [0.717, 1.165) is 21.5 Å². The van der Waals surface area contributed by atoms with E-state index in [1.165, 1.54) is 25.7 Å². The highest BCUT2D eigenvalue weighted by Crippen LogP contribution is 2.24. The molecule has 0 amide bonds. The molecule has 0 saturated heterocycles. The molecule has 5 heteroatoms. The molecule has 1 aliphatic rings. The summed E-state index contributed by atoms with van der Waals surface area (Å²) in [5, 5.41) is 6.77. The maximum Gasteiger partial charge on any atom is 0.229 e. The molecule has 1 aromatic heterocycles. The number of halogens is 1. The summed E-state index contributed by atoms with van der Waals surface area (Å²) in [7, 11) is 0. The van der Waals surface area contributed by atoms with Crippen LogP contribution in [-0.2, 0) is 0 Å². The minimum atomic E-state index is 0.558. The highest BCUT2D eigenvalue weighted by molar-refractivity contribution is 9.10. The minimum absolute atomic E-state index is 0.558. The lowest BCUT2D eigenvalue weighted by Crippen LogP contribution is -2.15. The number of aromatic nitrogens is 2. The molecular formula is C16H19BrN4. The molecule has 110 valence electrons. The van der Waals surface area contributed by atoms with Crippen LogP contribution < -0.4 is 10.6 Å². The highest BCUT2D eigenvalue weighted by Gasteiger charge is 2.15. The van der Waals surface area contributed by atoms with Crippen LogP contribution in [0.3, 0.4) is 0 Å². The molecule has 1 aliphatic carbocycles.